The lowest BCUT2D eigenvalue weighted by atomic mass is 10.1. The summed E-state index contributed by atoms with van der Waals surface area (Å²) in [6.45, 7) is 0.473. The molecule has 0 saturated heterocycles. The van der Waals surface area contributed by atoms with Crippen molar-refractivity contribution in [3.8, 4) is 22.8 Å². The Morgan fingerprint density at radius 3 is 2.66 bits per heavy atom. The van der Waals surface area contributed by atoms with Crippen LogP contribution in [0.1, 0.15) is 30.7 Å². The maximum Gasteiger partial charge on any atom is 0.223 e. The molecule has 0 bridgehead atoms. The first-order valence-corrected chi connectivity index (χ1v) is 11.1. The van der Waals surface area contributed by atoms with E-state index in [4.69, 9.17) is 37.1 Å². The molecule has 1 saturated carbocycles. The fraction of sp³-hybridized carbons (Fsp3) is 0.333. The highest BCUT2D eigenvalue weighted by Gasteiger charge is 2.33. The smallest absolute Gasteiger partial charge is 0.223 e. The van der Waals surface area contributed by atoms with Crippen molar-refractivity contribution in [2.75, 3.05) is 14.2 Å². The minimum Gasteiger partial charge on any atom is -0.497 e. The molecule has 2 aromatic carbocycles. The Morgan fingerprint density at radius 2 is 1.97 bits per heavy atom. The van der Waals surface area contributed by atoms with Crippen LogP contribution in [0.4, 0.5) is 0 Å². The van der Waals surface area contributed by atoms with Gasteiger partial charge in [-0.15, -0.1) is 0 Å². The van der Waals surface area contributed by atoms with Gasteiger partial charge in [-0.2, -0.15) is 0 Å². The van der Waals surface area contributed by atoms with Crippen LogP contribution in [0, 0.1) is 0 Å². The van der Waals surface area contributed by atoms with E-state index < -0.39 is 0 Å². The van der Waals surface area contributed by atoms with Crippen LogP contribution in [-0.2, 0) is 17.8 Å². The first-order valence-electron chi connectivity index (χ1n) is 10.4. The van der Waals surface area contributed by atoms with Crippen LogP contribution in [0.15, 0.2) is 47.0 Å². The van der Waals surface area contributed by atoms with E-state index in [0.29, 0.717) is 46.6 Å². The second-order valence-corrected chi connectivity index (χ2v) is 8.52. The van der Waals surface area contributed by atoms with Crippen molar-refractivity contribution in [2.24, 2.45) is 0 Å². The molecule has 0 atom stereocenters. The van der Waals surface area contributed by atoms with Gasteiger partial charge in [0.2, 0.25) is 5.91 Å². The minimum absolute atomic E-state index is 0.0571. The molecular weight excluding hydrogens is 451 g/mol. The predicted octanol–water partition coefficient (Wildman–Crippen LogP) is 5.79. The second kappa shape index (κ2) is 9.84. The summed E-state index contributed by atoms with van der Waals surface area (Å²) in [4.78, 5) is 19.3. The maximum atomic E-state index is 13.1. The molecule has 3 aromatic rings. The molecule has 4 rings (SSSR count). The monoisotopic (exact) mass is 474 g/mol. The Bertz CT molecular complexity index is 1110. The molecule has 0 spiro atoms. The van der Waals surface area contributed by atoms with Crippen molar-refractivity contribution in [1.82, 2.24) is 9.88 Å². The Morgan fingerprint density at radius 1 is 1.16 bits per heavy atom. The first kappa shape index (κ1) is 22.5. The molecule has 168 valence electrons. The van der Waals surface area contributed by atoms with Crippen LogP contribution >= 0.6 is 23.2 Å². The topological polar surface area (TPSA) is 64.8 Å². The van der Waals surface area contributed by atoms with Gasteiger partial charge in [0.15, 0.2) is 11.7 Å². The molecule has 1 heterocycles. The third-order valence-electron chi connectivity index (χ3n) is 5.44. The highest BCUT2D eigenvalue weighted by atomic mass is 35.5. The zero-order chi connectivity index (χ0) is 22.7. The van der Waals surface area contributed by atoms with Crippen molar-refractivity contribution < 1.29 is 18.7 Å². The molecule has 0 aliphatic heterocycles. The van der Waals surface area contributed by atoms with Gasteiger partial charge in [-0.25, -0.2) is 4.98 Å². The van der Waals surface area contributed by atoms with Crippen molar-refractivity contribution in [3.05, 3.63) is 64.1 Å². The molecule has 1 aromatic heterocycles. The number of carbonyl (C=O) groups is 1. The molecule has 1 amide bonds. The molecule has 32 heavy (non-hydrogen) atoms. The van der Waals surface area contributed by atoms with Gasteiger partial charge in [0.1, 0.15) is 11.5 Å². The fourth-order valence-electron chi connectivity index (χ4n) is 3.59. The number of oxazole rings is 1. The Kier molecular flexibility index (Phi) is 6.92. The number of halogens is 2. The van der Waals surface area contributed by atoms with E-state index in [-0.39, 0.29) is 11.9 Å². The van der Waals surface area contributed by atoms with Crippen LogP contribution in [0.5, 0.6) is 11.5 Å². The standard InChI is InChI=1S/C24H24Cl2N2O4/c1-30-18-6-8-21(31-2)15(11-18)14-28(17-4-5-17)24(29)10-9-23-27-13-22(32-23)19-7-3-16(25)12-20(19)26/h3,6-8,11-13,17H,4-5,9-10,14H2,1-2H3. The van der Waals surface area contributed by atoms with Crippen LogP contribution in [0.2, 0.25) is 10.0 Å². The molecule has 8 heteroatoms. The molecule has 1 fully saturated rings. The number of rotatable bonds is 9. The fourth-order valence-corrected chi connectivity index (χ4v) is 4.09. The van der Waals surface area contributed by atoms with Gasteiger partial charge in [0.25, 0.3) is 0 Å². The quantitative estimate of drug-likeness (QED) is 0.392. The zero-order valence-corrected chi connectivity index (χ0v) is 19.4. The van der Waals surface area contributed by atoms with E-state index >= 15 is 0 Å². The van der Waals surface area contributed by atoms with Gasteiger partial charge in [-0.1, -0.05) is 23.2 Å². The summed E-state index contributed by atoms with van der Waals surface area (Å²) in [5, 5.41) is 1.04. The van der Waals surface area contributed by atoms with Gasteiger partial charge in [0.05, 0.1) is 25.4 Å². The molecule has 1 aliphatic carbocycles. The van der Waals surface area contributed by atoms with E-state index in [9.17, 15) is 4.79 Å². The molecule has 1 aliphatic rings. The van der Waals surface area contributed by atoms with Gasteiger partial charge in [0, 0.05) is 41.6 Å². The van der Waals surface area contributed by atoms with E-state index in [1.807, 2.05) is 23.1 Å². The number of aryl methyl sites for hydroxylation is 1. The number of methoxy groups -OCH3 is 2. The van der Waals surface area contributed by atoms with Crippen LogP contribution in [-0.4, -0.2) is 36.1 Å². The second-order valence-electron chi connectivity index (χ2n) is 7.67. The summed E-state index contributed by atoms with van der Waals surface area (Å²) < 4.78 is 16.7. The summed E-state index contributed by atoms with van der Waals surface area (Å²) in [6, 6.07) is 11.1. The van der Waals surface area contributed by atoms with Gasteiger partial charge in [-0.3, -0.25) is 4.79 Å². The molecule has 0 radical (unpaired) electrons. The average molecular weight is 475 g/mol. The van der Waals surface area contributed by atoms with Crippen molar-refractivity contribution >= 4 is 29.1 Å². The summed E-state index contributed by atoms with van der Waals surface area (Å²) >= 11 is 12.2. The highest BCUT2D eigenvalue weighted by molar-refractivity contribution is 6.36. The number of nitrogens with zero attached hydrogens (tertiary/aromatic N) is 2. The van der Waals surface area contributed by atoms with Gasteiger partial charge < -0.3 is 18.8 Å². The SMILES string of the molecule is COc1ccc(OC)c(CN(C(=O)CCc2ncc(-c3ccc(Cl)cc3Cl)o2)C2CC2)c1. The van der Waals surface area contributed by atoms with E-state index in [0.717, 1.165) is 29.9 Å². The van der Waals surface area contributed by atoms with E-state index in [1.165, 1.54) is 0 Å². The lowest BCUT2D eigenvalue weighted by Crippen LogP contribution is -2.33. The summed E-state index contributed by atoms with van der Waals surface area (Å²) in [5.74, 6) is 2.57. The summed E-state index contributed by atoms with van der Waals surface area (Å²) in [7, 11) is 3.25. The molecule has 0 N–H and O–H groups in total. The largest absolute Gasteiger partial charge is 0.497 e. The molecular formula is C24H24Cl2N2O4. The first-order chi connectivity index (χ1) is 15.5. The van der Waals surface area contributed by atoms with E-state index in [2.05, 4.69) is 4.98 Å². The number of hydrogen-bond donors (Lipinski definition) is 0. The number of ether oxygens (including phenoxy) is 2. The Labute approximate surface area is 197 Å². The van der Waals surface area contributed by atoms with Crippen LogP contribution in [0.3, 0.4) is 0 Å². The van der Waals surface area contributed by atoms with Gasteiger partial charge in [-0.05, 0) is 49.2 Å². The average Bonchev–Trinajstić information content (AvgIpc) is 3.53. The third-order valence-corrected chi connectivity index (χ3v) is 5.99. The van der Waals surface area contributed by atoms with Crippen LogP contribution in [0.25, 0.3) is 11.3 Å². The van der Waals surface area contributed by atoms with E-state index in [1.54, 1.807) is 38.6 Å². The number of amides is 1. The number of carbonyl (C=O) groups excluding carboxylic acids is 1. The normalized spacial score (nSPS) is 13.1. The Hall–Kier alpha value is -2.70. The lowest BCUT2D eigenvalue weighted by Gasteiger charge is -2.24. The minimum atomic E-state index is 0.0571. The zero-order valence-electron chi connectivity index (χ0n) is 17.9. The van der Waals surface area contributed by atoms with Crippen molar-refractivity contribution in [1.29, 1.82) is 0 Å². The van der Waals surface area contributed by atoms with Crippen molar-refractivity contribution in [2.45, 2.75) is 38.3 Å². The van der Waals surface area contributed by atoms with Crippen molar-refractivity contribution in [3.63, 3.8) is 0 Å². The molecule has 6 nitrogen and oxygen atoms in total. The third kappa shape index (κ3) is 5.19. The molecule has 0 unspecified atom stereocenters. The Balaban J connectivity index is 1.43. The summed E-state index contributed by atoms with van der Waals surface area (Å²) in [5.41, 5.74) is 1.63. The van der Waals surface area contributed by atoms with Crippen LogP contribution < -0.4 is 9.47 Å². The number of hydrogen-bond acceptors (Lipinski definition) is 5. The highest BCUT2D eigenvalue weighted by Crippen LogP contribution is 2.33. The number of benzene rings is 2. The maximum absolute atomic E-state index is 13.1. The predicted molar refractivity (Wildman–Crippen MR) is 123 cm³/mol. The van der Waals surface area contributed by atoms with Gasteiger partial charge >= 0.3 is 0 Å². The summed E-state index contributed by atoms with van der Waals surface area (Å²) in [6.07, 6.45) is 4.35. The number of aromatic nitrogens is 1. The lowest BCUT2D eigenvalue weighted by molar-refractivity contribution is -0.132.